The lowest BCUT2D eigenvalue weighted by Gasteiger charge is -2.37. The maximum absolute atomic E-state index is 6.17. The van der Waals surface area contributed by atoms with Crippen molar-refractivity contribution >= 4 is 0 Å². The van der Waals surface area contributed by atoms with E-state index < -0.39 is 0 Å². The molecule has 3 aromatic carbocycles. The molecule has 41 heavy (non-hydrogen) atoms. The van der Waals surface area contributed by atoms with Crippen LogP contribution >= 0.6 is 0 Å². The molecule has 0 fully saturated rings. The molecule has 0 saturated carbocycles. The van der Waals surface area contributed by atoms with E-state index in [0.717, 1.165) is 75.8 Å². The Bertz CT molecular complexity index is 1210. The fourth-order valence-corrected chi connectivity index (χ4v) is 6.69. The second kappa shape index (κ2) is 12.0. The average molecular weight is 556 g/mol. The molecule has 0 atom stereocenters. The normalized spacial score (nSPS) is 17.6. The fraction of sp³-hybridized carbons (Fsp3) is 0.486. The van der Waals surface area contributed by atoms with Crippen LogP contribution in [0.5, 0.6) is 17.2 Å². The van der Waals surface area contributed by atoms with Crippen LogP contribution in [0, 0.1) is 0 Å². The summed E-state index contributed by atoms with van der Waals surface area (Å²) in [6, 6.07) is 20.5. The summed E-state index contributed by atoms with van der Waals surface area (Å²) in [5.74, 6) is 3.02. The number of nitrogens with zero attached hydrogens (tertiary/aromatic N) is 3. The van der Waals surface area contributed by atoms with Gasteiger partial charge in [-0.1, -0.05) is 39.0 Å². The molecular weight excluding hydrogens is 510 g/mol. The van der Waals surface area contributed by atoms with Gasteiger partial charge < -0.3 is 14.2 Å². The molecule has 3 aliphatic heterocycles. The molecule has 218 valence electrons. The Morgan fingerprint density at radius 2 is 0.854 bits per heavy atom. The number of benzene rings is 3. The van der Waals surface area contributed by atoms with Crippen LogP contribution in [0.2, 0.25) is 0 Å². The van der Waals surface area contributed by atoms with Gasteiger partial charge in [0.2, 0.25) is 0 Å². The number of hydrogen-bond acceptors (Lipinski definition) is 6. The zero-order valence-corrected chi connectivity index (χ0v) is 25.2. The summed E-state index contributed by atoms with van der Waals surface area (Å²) in [6.45, 7) is 16.9. The molecule has 0 bridgehead atoms. The van der Waals surface area contributed by atoms with Gasteiger partial charge in [-0.3, -0.25) is 14.7 Å². The lowest BCUT2D eigenvalue weighted by Crippen LogP contribution is -2.34. The van der Waals surface area contributed by atoms with Gasteiger partial charge in [-0.25, -0.2) is 0 Å². The second-order valence-corrected chi connectivity index (χ2v) is 12.1. The molecule has 0 radical (unpaired) electrons. The minimum atomic E-state index is -0.369. The van der Waals surface area contributed by atoms with Gasteiger partial charge in [0.05, 0.1) is 0 Å². The van der Waals surface area contributed by atoms with Crippen LogP contribution in [0.3, 0.4) is 0 Å². The van der Waals surface area contributed by atoms with E-state index in [4.69, 9.17) is 14.2 Å². The van der Waals surface area contributed by atoms with Crippen LogP contribution in [0.25, 0.3) is 0 Å². The third kappa shape index (κ3) is 5.57. The summed E-state index contributed by atoms with van der Waals surface area (Å²) in [6.07, 6.45) is 3.36. The molecule has 3 heterocycles. The Morgan fingerprint density at radius 1 is 0.537 bits per heavy atom. The molecule has 6 rings (SSSR count). The van der Waals surface area contributed by atoms with Crippen molar-refractivity contribution in [3.8, 4) is 17.2 Å². The molecule has 6 nitrogen and oxygen atoms in total. The molecule has 0 unspecified atom stereocenters. The van der Waals surface area contributed by atoms with Crippen molar-refractivity contribution in [2.24, 2.45) is 0 Å². The Balaban J connectivity index is 1.45. The van der Waals surface area contributed by atoms with Crippen molar-refractivity contribution in [2.75, 3.05) is 39.8 Å². The summed E-state index contributed by atoms with van der Waals surface area (Å²) in [5, 5.41) is 0. The summed E-state index contributed by atoms with van der Waals surface area (Å²) >= 11 is 0. The summed E-state index contributed by atoms with van der Waals surface area (Å²) < 4.78 is 18.5. The van der Waals surface area contributed by atoms with E-state index in [1.54, 1.807) is 0 Å². The van der Waals surface area contributed by atoms with E-state index in [1.165, 1.54) is 33.4 Å². The summed E-state index contributed by atoms with van der Waals surface area (Å²) in [4.78, 5) is 7.17. The number of rotatable bonds is 9. The number of fused-ring (bicyclic) bond motifs is 3. The molecular formula is C35H45N3O3. The molecule has 3 aliphatic rings. The average Bonchev–Trinajstić information content (AvgIpc) is 3.00. The van der Waals surface area contributed by atoms with Crippen molar-refractivity contribution in [1.82, 2.24) is 14.7 Å². The van der Waals surface area contributed by atoms with Crippen molar-refractivity contribution in [2.45, 2.75) is 72.0 Å². The van der Waals surface area contributed by atoms with Crippen molar-refractivity contribution < 1.29 is 14.2 Å². The van der Waals surface area contributed by atoms with E-state index in [9.17, 15) is 0 Å². The molecule has 0 aromatic heterocycles. The topological polar surface area (TPSA) is 37.4 Å². The maximum Gasteiger partial charge on any atom is 0.142 e. The van der Waals surface area contributed by atoms with Crippen LogP contribution in [-0.2, 0) is 25.0 Å². The summed E-state index contributed by atoms with van der Waals surface area (Å²) in [7, 11) is 0. The van der Waals surface area contributed by atoms with Gasteiger partial charge in [-0.05, 0) is 79.3 Å². The molecule has 0 N–H and O–H groups in total. The second-order valence-electron chi connectivity index (χ2n) is 12.1. The Labute approximate surface area is 245 Å². The van der Waals surface area contributed by atoms with Crippen LogP contribution in [0.4, 0.5) is 0 Å². The standard InChI is InChI=1S/C35H45N3O3/c1-5-14-36-20-26-17-29(8-11-32(26)39-23-36)35(4,30-9-12-33-27(18-30)21-37(15-6-2)24-40-33)31-10-13-34-28(19-31)22-38(16-7-3)25-41-34/h8-13,17-19H,5-7,14-16,20-25H2,1-4H3. The van der Waals surface area contributed by atoms with E-state index in [0.29, 0.717) is 20.2 Å². The van der Waals surface area contributed by atoms with Gasteiger partial charge in [0.25, 0.3) is 0 Å². The zero-order valence-electron chi connectivity index (χ0n) is 25.2. The predicted octanol–water partition coefficient (Wildman–Crippen LogP) is 6.73. The molecule has 0 spiro atoms. The minimum Gasteiger partial charge on any atom is -0.478 e. The van der Waals surface area contributed by atoms with E-state index in [1.807, 2.05) is 0 Å². The van der Waals surface area contributed by atoms with Crippen LogP contribution < -0.4 is 14.2 Å². The lowest BCUT2D eigenvalue weighted by atomic mass is 9.70. The van der Waals surface area contributed by atoms with E-state index in [2.05, 4.69) is 97.0 Å². The van der Waals surface area contributed by atoms with Crippen molar-refractivity contribution in [3.05, 3.63) is 88.0 Å². The minimum absolute atomic E-state index is 0.369. The Kier molecular flexibility index (Phi) is 8.25. The third-order valence-electron chi connectivity index (χ3n) is 8.92. The van der Waals surface area contributed by atoms with Gasteiger partial charge in [-0.15, -0.1) is 0 Å². The molecule has 0 saturated heterocycles. The Morgan fingerprint density at radius 3 is 1.15 bits per heavy atom. The molecule has 0 aliphatic carbocycles. The largest absolute Gasteiger partial charge is 0.478 e. The molecule has 0 amide bonds. The van der Waals surface area contributed by atoms with Crippen LogP contribution in [0.15, 0.2) is 54.6 Å². The molecule has 3 aromatic rings. The van der Waals surface area contributed by atoms with E-state index in [-0.39, 0.29) is 5.41 Å². The maximum atomic E-state index is 6.17. The highest BCUT2D eigenvalue weighted by Gasteiger charge is 2.35. The highest BCUT2D eigenvalue weighted by molar-refractivity contribution is 5.56. The quantitative estimate of drug-likeness (QED) is 0.273. The number of ether oxygens (including phenoxy) is 3. The first-order chi connectivity index (χ1) is 20.0. The third-order valence-corrected chi connectivity index (χ3v) is 8.92. The van der Waals surface area contributed by atoms with Gasteiger partial charge in [0, 0.05) is 61.4 Å². The van der Waals surface area contributed by atoms with Crippen LogP contribution in [0.1, 0.15) is 80.3 Å². The molecule has 6 heteroatoms. The first-order valence-electron chi connectivity index (χ1n) is 15.5. The lowest BCUT2D eigenvalue weighted by molar-refractivity contribution is 0.0952. The van der Waals surface area contributed by atoms with Crippen LogP contribution in [-0.4, -0.2) is 54.5 Å². The van der Waals surface area contributed by atoms with Gasteiger partial charge in [-0.2, -0.15) is 0 Å². The highest BCUT2D eigenvalue weighted by Crippen LogP contribution is 2.44. The monoisotopic (exact) mass is 555 g/mol. The smallest absolute Gasteiger partial charge is 0.142 e. The fourth-order valence-electron chi connectivity index (χ4n) is 6.69. The number of hydrogen-bond donors (Lipinski definition) is 0. The van der Waals surface area contributed by atoms with Crippen molar-refractivity contribution in [3.63, 3.8) is 0 Å². The predicted molar refractivity (Wildman–Crippen MR) is 163 cm³/mol. The van der Waals surface area contributed by atoms with Gasteiger partial charge >= 0.3 is 0 Å². The summed E-state index contributed by atoms with van der Waals surface area (Å²) in [5.41, 5.74) is 7.26. The van der Waals surface area contributed by atoms with Crippen molar-refractivity contribution in [1.29, 1.82) is 0 Å². The van der Waals surface area contributed by atoms with Gasteiger partial charge in [0.1, 0.15) is 37.4 Å². The first kappa shape index (κ1) is 28.1. The zero-order chi connectivity index (χ0) is 28.4. The Hall–Kier alpha value is -3.06. The van der Waals surface area contributed by atoms with Gasteiger partial charge in [0.15, 0.2) is 0 Å². The first-order valence-corrected chi connectivity index (χ1v) is 15.5. The SMILES string of the molecule is CCCN1COc2ccc(C(C)(c3ccc4c(c3)CN(CCC)CO4)c3ccc4c(c3)CN(CCC)CO4)cc2C1. The highest BCUT2D eigenvalue weighted by atomic mass is 16.5. The van der Waals surface area contributed by atoms with E-state index >= 15 is 0 Å².